The van der Waals surface area contributed by atoms with E-state index < -0.39 is 0 Å². The Labute approximate surface area is 191 Å². The molecule has 8 nitrogen and oxygen atoms in total. The molecule has 0 amide bonds. The van der Waals surface area contributed by atoms with E-state index in [1.54, 1.807) is 24.6 Å². The molecular weight excluding hydrogens is 454 g/mol. The van der Waals surface area contributed by atoms with Crippen molar-refractivity contribution in [1.29, 1.82) is 0 Å². The number of H-pyrrole nitrogens is 1. The number of imidazole rings is 1. The zero-order valence-corrected chi connectivity index (χ0v) is 19.2. The van der Waals surface area contributed by atoms with Crippen LogP contribution in [0.25, 0.3) is 22.4 Å². The van der Waals surface area contributed by atoms with Gasteiger partial charge in [-0.05, 0) is 18.3 Å². The number of rotatable bonds is 6. The van der Waals surface area contributed by atoms with Gasteiger partial charge in [0.25, 0.3) is 0 Å². The smallest absolute Gasteiger partial charge is 0.196 e. The molecular formula is C20H21N5O3S3. The summed E-state index contributed by atoms with van der Waals surface area (Å²) in [5.41, 5.74) is 2.25. The Hall–Kier alpha value is -2.63. The highest BCUT2D eigenvalue weighted by atomic mass is 32.2. The van der Waals surface area contributed by atoms with Gasteiger partial charge in [0.1, 0.15) is 29.4 Å². The number of fused-ring (bicyclic) bond motifs is 1. The van der Waals surface area contributed by atoms with Crippen molar-refractivity contribution in [3.63, 3.8) is 0 Å². The molecule has 4 aromatic rings. The van der Waals surface area contributed by atoms with Crippen LogP contribution in [0.2, 0.25) is 0 Å². The van der Waals surface area contributed by atoms with Gasteiger partial charge in [0, 0.05) is 42.1 Å². The number of thioether (sulfide) groups is 1. The average Bonchev–Trinajstić information content (AvgIpc) is 3.51. The lowest BCUT2D eigenvalue weighted by Gasteiger charge is -2.25. The molecule has 0 aliphatic carbocycles. The second kappa shape index (κ2) is 8.48. The summed E-state index contributed by atoms with van der Waals surface area (Å²) in [5.74, 6) is 10.0. The Balaban J connectivity index is 1.41. The Kier molecular flexibility index (Phi) is 5.55. The Morgan fingerprint density at radius 3 is 2.87 bits per heavy atom. The van der Waals surface area contributed by atoms with Crippen LogP contribution in [0.5, 0.6) is 11.5 Å². The van der Waals surface area contributed by atoms with E-state index in [-0.39, 0.29) is 0 Å². The molecule has 1 fully saturated rings. The lowest BCUT2D eigenvalue weighted by molar-refractivity contribution is 0.303. The molecule has 0 spiro atoms. The second-order valence-corrected chi connectivity index (χ2v) is 9.49. The molecule has 4 heterocycles. The monoisotopic (exact) mass is 475 g/mol. The molecule has 3 aromatic heterocycles. The van der Waals surface area contributed by atoms with Gasteiger partial charge in [-0.3, -0.25) is 0 Å². The van der Waals surface area contributed by atoms with Crippen LogP contribution in [-0.4, -0.2) is 46.3 Å². The number of nitrogens with zero attached hydrogens (tertiary/aromatic N) is 3. The van der Waals surface area contributed by atoms with Crippen molar-refractivity contribution in [1.82, 2.24) is 14.6 Å². The predicted octanol–water partition coefficient (Wildman–Crippen LogP) is 4.27. The first-order valence-electron chi connectivity index (χ1n) is 9.69. The molecule has 5 rings (SSSR count). The van der Waals surface area contributed by atoms with Crippen molar-refractivity contribution >= 4 is 51.4 Å². The summed E-state index contributed by atoms with van der Waals surface area (Å²) in [4.78, 5) is 10.1. The van der Waals surface area contributed by atoms with E-state index in [4.69, 9.17) is 36.9 Å². The topological polar surface area (TPSA) is 94.5 Å². The maximum absolute atomic E-state index is 6.15. The molecule has 1 aliphatic rings. The molecule has 1 aromatic carbocycles. The Bertz CT molecular complexity index is 1270. The zero-order chi connectivity index (χ0) is 21.4. The first kappa shape index (κ1) is 20.3. The number of methoxy groups -OCH3 is 1. The zero-order valence-electron chi connectivity index (χ0n) is 16.8. The first-order valence-corrected chi connectivity index (χ1v) is 12.1. The third-order valence-electron chi connectivity index (χ3n) is 5.02. The fraction of sp³-hybridized carbons (Fsp3) is 0.300. The van der Waals surface area contributed by atoms with E-state index in [1.165, 1.54) is 4.68 Å². The average molecular weight is 476 g/mol. The molecule has 162 valence electrons. The molecule has 0 saturated carbocycles. The summed E-state index contributed by atoms with van der Waals surface area (Å²) >= 11 is 8.80. The highest BCUT2D eigenvalue weighted by Gasteiger charge is 2.17. The minimum Gasteiger partial charge on any atom is -0.496 e. The van der Waals surface area contributed by atoms with Gasteiger partial charge in [-0.15, -0.1) is 11.3 Å². The number of nitrogens with one attached hydrogen (secondary N) is 1. The molecule has 0 atom stereocenters. The quantitative estimate of drug-likeness (QED) is 0.315. The van der Waals surface area contributed by atoms with E-state index >= 15 is 0 Å². The lowest BCUT2D eigenvalue weighted by atomic mass is 10.2. The second-order valence-electron chi connectivity index (χ2n) is 7.04. The molecule has 11 heteroatoms. The van der Waals surface area contributed by atoms with Gasteiger partial charge in [0.05, 0.1) is 24.4 Å². The van der Waals surface area contributed by atoms with Crippen LogP contribution >= 0.6 is 35.3 Å². The van der Waals surface area contributed by atoms with Crippen LogP contribution in [-0.2, 0) is 6.61 Å². The van der Waals surface area contributed by atoms with Gasteiger partial charge >= 0.3 is 0 Å². The van der Waals surface area contributed by atoms with E-state index in [0.717, 1.165) is 40.8 Å². The SMILES string of the molecule is COc1cc(OCc2csc(N3CCSCC3)n2)c2cc(-c3cn(N)c(=S)[nH]3)oc2c1. The van der Waals surface area contributed by atoms with Crippen LogP contribution in [0.3, 0.4) is 0 Å². The standard InChI is InChI=1S/C20H21N5O3S3/c1-26-13-6-16(27-10-12-11-31-20(22-12)24-2-4-30-5-3-24)14-8-18(28-17(14)7-13)15-9-25(21)19(29)23-15/h6-9,11H,2-5,10,21H2,1H3,(H,23,29). The van der Waals surface area contributed by atoms with Gasteiger partial charge < -0.3 is 29.6 Å². The minimum atomic E-state index is 0.365. The number of hydrogen-bond donors (Lipinski definition) is 2. The fourth-order valence-corrected chi connectivity index (χ4v) is 5.33. The normalized spacial score (nSPS) is 14.3. The number of thiazole rings is 1. The third kappa shape index (κ3) is 4.12. The van der Waals surface area contributed by atoms with Crippen molar-refractivity contribution in [2.75, 3.05) is 42.4 Å². The van der Waals surface area contributed by atoms with Crippen molar-refractivity contribution in [3.05, 3.63) is 40.2 Å². The molecule has 31 heavy (non-hydrogen) atoms. The van der Waals surface area contributed by atoms with Crippen LogP contribution in [0, 0.1) is 4.77 Å². The highest BCUT2D eigenvalue weighted by molar-refractivity contribution is 7.99. The van der Waals surface area contributed by atoms with Crippen LogP contribution in [0.1, 0.15) is 5.69 Å². The van der Waals surface area contributed by atoms with Crippen molar-refractivity contribution < 1.29 is 13.9 Å². The molecule has 3 N–H and O–H groups in total. The van der Waals surface area contributed by atoms with Gasteiger partial charge in [-0.1, -0.05) is 0 Å². The molecule has 1 aliphatic heterocycles. The highest BCUT2D eigenvalue weighted by Crippen LogP contribution is 2.37. The molecule has 0 radical (unpaired) electrons. The molecule has 0 unspecified atom stereocenters. The van der Waals surface area contributed by atoms with Gasteiger partial charge in [0.2, 0.25) is 0 Å². The largest absolute Gasteiger partial charge is 0.496 e. The summed E-state index contributed by atoms with van der Waals surface area (Å²) < 4.78 is 19.3. The molecule has 0 bridgehead atoms. The fourth-order valence-electron chi connectivity index (χ4n) is 3.40. The Morgan fingerprint density at radius 2 is 2.13 bits per heavy atom. The number of nitrogens with two attached hydrogens (primary N) is 1. The number of ether oxygens (including phenoxy) is 2. The number of furan rings is 1. The Morgan fingerprint density at radius 1 is 1.29 bits per heavy atom. The first-order chi connectivity index (χ1) is 15.1. The summed E-state index contributed by atoms with van der Waals surface area (Å²) in [6.45, 7) is 2.45. The summed E-state index contributed by atoms with van der Waals surface area (Å²) in [6, 6.07) is 5.59. The van der Waals surface area contributed by atoms with Crippen molar-refractivity contribution in [3.8, 4) is 23.0 Å². The van der Waals surface area contributed by atoms with Crippen molar-refractivity contribution in [2.24, 2.45) is 0 Å². The van der Waals surface area contributed by atoms with Crippen LogP contribution in [0.15, 0.2) is 34.2 Å². The summed E-state index contributed by atoms with van der Waals surface area (Å²) in [6.07, 6.45) is 1.69. The maximum Gasteiger partial charge on any atom is 0.196 e. The van der Waals surface area contributed by atoms with E-state index in [2.05, 4.69) is 15.3 Å². The van der Waals surface area contributed by atoms with Gasteiger partial charge in [0.15, 0.2) is 15.7 Å². The summed E-state index contributed by atoms with van der Waals surface area (Å²) in [7, 11) is 1.62. The van der Waals surface area contributed by atoms with E-state index in [9.17, 15) is 0 Å². The van der Waals surface area contributed by atoms with Crippen molar-refractivity contribution in [2.45, 2.75) is 6.61 Å². The van der Waals surface area contributed by atoms with Gasteiger partial charge in [-0.2, -0.15) is 11.8 Å². The lowest BCUT2D eigenvalue weighted by Crippen LogP contribution is -2.32. The predicted molar refractivity (Wildman–Crippen MR) is 128 cm³/mol. The number of anilines is 1. The van der Waals surface area contributed by atoms with Gasteiger partial charge in [-0.25, -0.2) is 9.66 Å². The van der Waals surface area contributed by atoms with E-state index in [1.807, 2.05) is 30.0 Å². The summed E-state index contributed by atoms with van der Waals surface area (Å²) in [5, 5.41) is 3.95. The third-order valence-corrected chi connectivity index (χ3v) is 7.22. The molecule has 1 saturated heterocycles. The van der Waals surface area contributed by atoms with E-state index in [0.29, 0.717) is 39.9 Å². The number of aromatic nitrogens is 3. The number of hydrogen-bond acceptors (Lipinski definition) is 9. The minimum absolute atomic E-state index is 0.365. The van der Waals surface area contributed by atoms with Crippen LogP contribution < -0.4 is 20.2 Å². The van der Waals surface area contributed by atoms with Crippen LogP contribution in [0.4, 0.5) is 5.13 Å². The number of aromatic amines is 1. The maximum atomic E-state index is 6.15. The number of benzene rings is 1. The number of nitrogen functional groups attached to an aromatic ring is 1.